The van der Waals surface area contributed by atoms with E-state index in [2.05, 4.69) is 10.6 Å². The van der Waals surface area contributed by atoms with Crippen molar-refractivity contribution in [2.45, 2.75) is 37.9 Å². The van der Waals surface area contributed by atoms with Crippen LogP contribution in [0, 0.1) is 11.8 Å². The van der Waals surface area contributed by atoms with E-state index in [9.17, 15) is 14.3 Å². The molecule has 1 aromatic rings. The number of hydrogen-bond donors (Lipinski definition) is 3. The van der Waals surface area contributed by atoms with Gasteiger partial charge in [0.1, 0.15) is 11.9 Å². The molecule has 0 unspecified atom stereocenters. The number of para-hydroxylation sites is 1. The molecule has 2 aliphatic rings. The third-order valence-electron chi connectivity index (χ3n) is 5.03. The summed E-state index contributed by atoms with van der Waals surface area (Å²) < 4.78 is 18.8. The van der Waals surface area contributed by atoms with E-state index in [1.807, 2.05) is 24.3 Å². The fourth-order valence-electron chi connectivity index (χ4n) is 3.52. The highest BCUT2D eigenvalue weighted by molar-refractivity contribution is 5.74. The monoisotopic (exact) mass is 336 g/mol. The molecule has 132 valence electrons. The molecule has 5 nitrogen and oxygen atoms in total. The number of aliphatic hydroxyl groups excluding tert-OH is 1. The van der Waals surface area contributed by atoms with Gasteiger partial charge in [0.25, 0.3) is 0 Å². The highest BCUT2D eigenvalue weighted by atomic mass is 19.1. The first kappa shape index (κ1) is 17.0. The first-order valence-corrected chi connectivity index (χ1v) is 8.68. The van der Waals surface area contributed by atoms with E-state index in [0.29, 0.717) is 31.9 Å². The number of aliphatic hydroxyl groups is 1. The lowest BCUT2D eigenvalue weighted by Crippen LogP contribution is -2.45. The van der Waals surface area contributed by atoms with Crippen molar-refractivity contribution in [2.75, 3.05) is 19.8 Å². The van der Waals surface area contributed by atoms with Gasteiger partial charge in [-0.1, -0.05) is 18.2 Å². The number of rotatable bonds is 4. The van der Waals surface area contributed by atoms with Crippen molar-refractivity contribution in [3.05, 3.63) is 29.8 Å². The van der Waals surface area contributed by atoms with Gasteiger partial charge in [0, 0.05) is 18.0 Å². The summed E-state index contributed by atoms with van der Waals surface area (Å²) in [5.74, 6) is 0.916. The Bertz CT molecular complexity index is 561. The minimum Gasteiger partial charge on any atom is -0.493 e. The number of carbonyl (C=O) groups is 1. The molecule has 24 heavy (non-hydrogen) atoms. The van der Waals surface area contributed by atoms with E-state index < -0.39 is 6.17 Å². The predicted octanol–water partition coefficient (Wildman–Crippen LogP) is 2.56. The van der Waals surface area contributed by atoms with E-state index in [-0.39, 0.29) is 24.6 Å². The highest BCUT2D eigenvalue weighted by Crippen LogP contribution is 2.35. The van der Waals surface area contributed by atoms with Crippen LogP contribution < -0.4 is 15.4 Å². The number of amides is 2. The lowest BCUT2D eigenvalue weighted by Gasteiger charge is -2.33. The van der Waals surface area contributed by atoms with Crippen LogP contribution >= 0.6 is 0 Å². The van der Waals surface area contributed by atoms with Gasteiger partial charge in [-0.25, -0.2) is 9.18 Å². The van der Waals surface area contributed by atoms with Crippen molar-refractivity contribution >= 4 is 6.03 Å². The number of hydrogen-bond acceptors (Lipinski definition) is 3. The van der Waals surface area contributed by atoms with Crippen molar-refractivity contribution in [3.8, 4) is 5.75 Å². The van der Waals surface area contributed by atoms with E-state index >= 15 is 0 Å². The van der Waals surface area contributed by atoms with E-state index in [4.69, 9.17) is 4.74 Å². The normalized spacial score (nSPS) is 29.2. The number of alkyl halides is 1. The van der Waals surface area contributed by atoms with Crippen molar-refractivity contribution in [1.82, 2.24) is 10.6 Å². The van der Waals surface area contributed by atoms with Crippen molar-refractivity contribution in [3.63, 3.8) is 0 Å². The third kappa shape index (κ3) is 3.98. The Morgan fingerprint density at radius 1 is 1.25 bits per heavy atom. The number of halogens is 1. The Labute approximate surface area is 141 Å². The summed E-state index contributed by atoms with van der Waals surface area (Å²) in [5, 5.41) is 15.4. The Hall–Kier alpha value is -1.82. The number of urea groups is 1. The van der Waals surface area contributed by atoms with Gasteiger partial charge in [0.2, 0.25) is 0 Å². The summed E-state index contributed by atoms with van der Waals surface area (Å²) in [6.07, 6.45) is 2.14. The molecule has 0 spiro atoms. The van der Waals surface area contributed by atoms with Crippen LogP contribution in [0.2, 0.25) is 0 Å². The van der Waals surface area contributed by atoms with Gasteiger partial charge in [0.05, 0.1) is 19.3 Å². The first-order chi connectivity index (χ1) is 11.7. The van der Waals surface area contributed by atoms with Crippen LogP contribution in [0.3, 0.4) is 0 Å². The van der Waals surface area contributed by atoms with Crippen LogP contribution in [-0.4, -0.2) is 37.1 Å². The van der Waals surface area contributed by atoms with E-state index in [0.717, 1.165) is 24.2 Å². The molecule has 0 saturated heterocycles. The molecule has 1 aromatic carbocycles. The first-order valence-electron chi connectivity index (χ1n) is 8.68. The molecule has 3 rings (SSSR count). The molecule has 1 aliphatic carbocycles. The predicted molar refractivity (Wildman–Crippen MR) is 88.6 cm³/mol. The Kier molecular flexibility index (Phi) is 5.56. The zero-order chi connectivity index (χ0) is 16.9. The number of fused-ring (bicyclic) bond motifs is 1. The fraction of sp³-hybridized carbons (Fsp3) is 0.611. The van der Waals surface area contributed by atoms with Gasteiger partial charge in [-0.05, 0) is 37.7 Å². The molecule has 3 N–H and O–H groups in total. The number of nitrogens with one attached hydrogen (secondary N) is 2. The summed E-state index contributed by atoms with van der Waals surface area (Å²) >= 11 is 0. The minimum absolute atomic E-state index is 0.0558. The lowest BCUT2D eigenvalue weighted by molar-refractivity contribution is 0.113. The van der Waals surface area contributed by atoms with Gasteiger partial charge in [0.15, 0.2) is 0 Å². The number of ether oxygens (including phenoxy) is 1. The maximum atomic E-state index is 13.2. The SMILES string of the molecule is O=C(NCC1CCC(F)CC1)N[C@H]1c2ccccc2OC[C@H]1CO. The molecule has 2 amide bonds. The van der Waals surface area contributed by atoms with Gasteiger partial charge < -0.3 is 20.5 Å². The average molecular weight is 336 g/mol. The van der Waals surface area contributed by atoms with Crippen LogP contribution in [0.4, 0.5) is 9.18 Å². The Morgan fingerprint density at radius 2 is 2.00 bits per heavy atom. The minimum atomic E-state index is -0.681. The zero-order valence-electron chi connectivity index (χ0n) is 13.7. The van der Waals surface area contributed by atoms with E-state index in [1.165, 1.54) is 0 Å². The molecule has 2 atom stereocenters. The van der Waals surface area contributed by atoms with Crippen molar-refractivity contribution < 1.29 is 19.0 Å². The molecule has 0 radical (unpaired) electrons. The zero-order valence-corrected chi connectivity index (χ0v) is 13.7. The summed E-state index contributed by atoms with van der Waals surface area (Å²) in [7, 11) is 0. The standard InChI is InChI=1S/C18H25FN2O3/c19-14-7-5-12(6-8-14)9-20-18(23)21-17-13(10-22)11-24-16-4-2-1-3-15(16)17/h1-4,12-14,17,22H,5-11H2,(H2,20,21,23)/t12?,13-,14?,17-/m1/s1. The van der Waals surface area contributed by atoms with Gasteiger partial charge in [-0.2, -0.15) is 0 Å². The third-order valence-corrected chi connectivity index (χ3v) is 5.03. The van der Waals surface area contributed by atoms with Gasteiger partial charge in [-0.3, -0.25) is 0 Å². The van der Waals surface area contributed by atoms with Crippen LogP contribution in [0.15, 0.2) is 24.3 Å². The van der Waals surface area contributed by atoms with Crippen LogP contribution in [0.1, 0.15) is 37.3 Å². The molecule has 1 aliphatic heterocycles. The Morgan fingerprint density at radius 3 is 2.75 bits per heavy atom. The summed E-state index contributed by atoms with van der Waals surface area (Å²) in [6.45, 7) is 0.881. The summed E-state index contributed by atoms with van der Waals surface area (Å²) in [4.78, 5) is 12.3. The molecule has 1 heterocycles. The largest absolute Gasteiger partial charge is 0.493 e. The number of benzene rings is 1. The van der Waals surface area contributed by atoms with Crippen LogP contribution in [-0.2, 0) is 0 Å². The molecular weight excluding hydrogens is 311 g/mol. The van der Waals surface area contributed by atoms with Crippen molar-refractivity contribution in [1.29, 1.82) is 0 Å². The summed E-state index contributed by atoms with van der Waals surface area (Å²) in [5.41, 5.74) is 0.885. The van der Waals surface area contributed by atoms with E-state index in [1.54, 1.807) is 0 Å². The Balaban J connectivity index is 1.56. The van der Waals surface area contributed by atoms with Crippen LogP contribution in [0.5, 0.6) is 5.75 Å². The summed E-state index contributed by atoms with van der Waals surface area (Å²) in [6, 6.07) is 7.02. The highest BCUT2D eigenvalue weighted by Gasteiger charge is 2.31. The van der Waals surface area contributed by atoms with Gasteiger partial charge >= 0.3 is 6.03 Å². The fourth-order valence-corrected chi connectivity index (χ4v) is 3.52. The van der Waals surface area contributed by atoms with Crippen molar-refractivity contribution in [2.24, 2.45) is 11.8 Å². The molecule has 1 saturated carbocycles. The maximum absolute atomic E-state index is 13.2. The molecule has 0 aromatic heterocycles. The molecule has 1 fully saturated rings. The maximum Gasteiger partial charge on any atom is 0.315 e. The average Bonchev–Trinajstić information content (AvgIpc) is 2.61. The molecular formula is C18H25FN2O3. The molecule has 6 heteroatoms. The van der Waals surface area contributed by atoms with Crippen LogP contribution in [0.25, 0.3) is 0 Å². The topological polar surface area (TPSA) is 70.6 Å². The second kappa shape index (κ2) is 7.83. The quantitative estimate of drug-likeness (QED) is 0.791. The van der Waals surface area contributed by atoms with Gasteiger partial charge in [-0.15, -0.1) is 0 Å². The molecule has 0 bridgehead atoms. The number of carbonyl (C=O) groups excluding carboxylic acids is 1. The second-order valence-corrected chi connectivity index (χ2v) is 6.74. The second-order valence-electron chi connectivity index (χ2n) is 6.74. The smallest absolute Gasteiger partial charge is 0.315 e. The lowest BCUT2D eigenvalue weighted by atomic mass is 9.88.